The molecule has 0 aromatic heterocycles. The van der Waals surface area contributed by atoms with Gasteiger partial charge in [-0.2, -0.15) is 0 Å². The molecule has 0 aromatic carbocycles. The number of halogens is 1. The summed E-state index contributed by atoms with van der Waals surface area (Å²) in [6, 6.07) is 0. The van der Waals surface area contributed by atoms with Gasteiger partial charge in [0.15, 0.2) is 5.79 Å². The van der Waals surface area contributed by atoms with E-state index in [1.165, 1.54) is 18.8 Å². The zero-order chi connectivity index (χ0) is 29.5. The molecule has 0 saturated carbocycles. The number of rotatable bonds is 16. The molecular formula is C31H46ClNO7. The molecule has 0 aliphatic carbocycles. The van der Waals surface area contributed by atoms with Crippen molar-refractivity contribution in [1.82, 2.24) is 5.32 Å². The van der Waals surface area contributed by atoms with Crippen LogP contribution < -0.4 is 5.32 Å². The summed E-state index contributed by atoms with van der Waals surface area (Å²) in [4.78, 5) is 24.4. The molecule has 2 N–H and O–H groups in total. The van der Waals surface area contributed by atoms with Crippen LogP contribution in [0.25, 0.3) is 0 Å². The number of methoxy groups -OCH3 is 2. The number of amides is 1. The van der Waals surface area contributed by atoms with E-state index >= 15 is 0 Å². The van der Waals surface area contributed by atoms with Crippen molar-refractivity contribution in [3.05, 3.63) is 35.1 Å². The van der Waals surface area contributed by atoms with Crippen LogP contribution in [0.1, 0.15) is 78.1 Å². The Bertz CT molecular complexity index is 956. The second-order valence-electron chi connectivity index (χ2n) is 10.8. The van der Waals surface area contributed by atoms with Crippen LogP contribution in [0.4, 0.5) is 0 Å². The van der Waals surface area contributed by atoms with Crippen LogP contribution in [-0.4, -0.2) is 61.8 Å². The van der Waals surface area contributed by atoms with E-state index < -0.39 is 24.0 Å². The summed E-state index contributed by atoms with van der Waals surface area (Å²) in [6.07, 6.45) is 16.4. The van der Waals surface area contributed by atoms with Gasteiger partial charge in [-0.15, -0.1) is 12.3 Å². The lowest BCUT2D eigenvalue weighted by atomic mass is 9.85. The van der Waals surface area contributed by atoms with Gasteiger partial charge in [0.25, 0.3) is 0 Å². The van der Waals surface area contributed by atoms with E-state index in [-0.39, 0.29) is 24.5 Å². The number of hydrogen-bond acceptors (Lipinski definition) is 7. The van der Waals surface area contributed by atoms with E-state index in [1.807, 2.05) is 13.0 Å². The van der Waals surface area contributed by atoms with Gasteiger partial charge in [-0.1, -0.05) is 43.2 Å². The Balaban J connectivity index is 1.80. The number of carbonyl (C=O) groups is 2. The molecular weight excluding hydrogens is 534 g/mol. The predicted octanol–water partition coefficient (Wildman–Crippen LogP) is 5.15. The van der Waals surface area contributed by atoms with Crippen molar-refractivity contribution in [3.8, 4) is 12.3 Å². The number of cyclic esters (lactones) is 1. The Labute approximate surface area is 244 Å². The van der Waals surface area contributed by atoms with Gasteiger partial charge in [-0.05, 0) is 38.0 Å². The number of allylic oxidation sites excluding steroid dienone is 3. The Morgan fingerprint density at radius 2 is 2.12 bits per heavy atom. The highest BCUT2D eigenvalue weighted by Gasteiger charge is 2.47. The fourth-order valence-electron chi connectivity index (χ4n) is 5.08. The van der Waals surface area contributed by atoms with Crippen molar-refractivity contribution in [2.24, 2.45) is 11.8 Å². The summed E-state index contributed by atoms with van der Waals surface area (Å²) < 4.78 is 22.4. The van der Waals surface area contributed by atoms with Crippen LogP contribution >= 0.6 is 11.6 Å². The van der Waals surface area contributed by atoms with Crippen molar-refractivity contribution in [2.45, 2.75) is 102 Å². The van der Waals surface area contributed by atoms with Crippen LogP contribution in [0.5, 0.6) is 0 Å². The van der Waals surface area contributed by atoms with Gasteiger partial charge in [0.1, 0.15) is 11.9 Å². The quantitative estimate of drug-likeness (QED) is 0.113. The first-order valence-corrected chi connectivity index (χ1v) is 14.6. The Morgan fingerprint density at radius 1 is 1.35 bits per heavy atom. The first kappa shape index (κ1) is 33.9. The lowest BCUT2D eigenvalue weighted by Gasteiger charge is -2.46. The lowest BCUT2D eigenvalue weighted by Crippen LogP contribution is -2.59. The lowest BCUT2D eigenvalue weighted by molar-refractivity contribution is -0.303. The molecule has 0 bridgehead atoms. The molecule has 0 unspecified atom stereocenters. The zero-order valence-corrected chi connectivity index (χ0v) is 25.1. The van der Waals surface area contributed by atoms with Gasteiger partial charge >= 0.3 is 5.97 Å². The predicted molar refractivity (Wildman–Crippen MR) is 155 cm³/mol. The monoisotopic (exact) mass is 579 g/mol. The minimum absolute atomic E-state index is 0.0651. The second kappa shape index (κ2) is 17.5. The van der Waals surface area contributed by atoms with E-state index in [9.17, 15) is 14.7 Å². The van der Waals surface area contributed by atoms with E-state index in [0.29, 0.717) is 43.8 Å². The van der Waals surface area contributed by atoms with Gasteiger partial charge in [-0.25, -0.2) is 4.79 Å². The van der Waals surface area contributed by atoms with Crippen molar-refractivity contribution >= 4 is 23.5 Å². The number of carbonyl (C=O) groups excluding carboxylic acids is 2. The fourth-order valence-corrected chi connectivity index (χ4v) is 5.30. The molecule has 0 radical (unpaired) electrons. The molecule has 8 nitrogen and oxygen atoms in total. The van der Waals surface area contributed by atoms with Gasteiger partial charge in [-0.3, -0.25) is 4.79 Å². The molecule has 2 aliphatic heterocycles. The van der Waals surface area contributed by atoms with Gasteiger partial charge < -0.3 is 29.4 Å². The summed E-state index contributed by atoms with van der Waals surface area (Å²) in [7, 11) is 3.11. The topological polar surface area (TPSA) is 103 Å². The number of unbranched alkanes of at least 4 members (excludes halogenated alkanes) is 1. The summed E-state index contributed by atoms with van der Waals surface area (Å²) in [5.74, 6) is 0.940. The van der Waals surface area contributed by atoms with Gasteiger partial charge in [0, 0.05) is 50.7 Å². The first-order chi connectivity index (χ1) is 19.1. The standard InChI is InChI=1S/C31H46ClNO7/c1-6-7-8-12-24(20-32)15-14-22(2)11-9-10-13-29(34)33-21-31(36)23(3)28(38-5)18-27(40-31)17-26-16-25(37-4)19-30(35)39-26/h1,9,11,19-20,22-23,26-28,36H,7-8,10,12-18,21H2,2-5H3,(H,33,34)/b11-9+,24-20+/t22-,23-,26-,27-,28+,31+/m0/s1. The van der Waals surface area contributed by atoms with Crippen LogP contribution in [0, 0.1) is 24.2 Å². The number of hydrogen-bond donors (Lipinski definition) is 2. The number of nitrogens with one attached hydrogen (secondary N) is 1. The first-order valence-electron chi connectivity index (χ1n) is 14.2. The molecule has 1 fully saturated rings. The molecule has 40 heavy (non-hydrogen) atoms. The third-order valence-corrected chi connectivity index (χ3v) is 7.96. The highest BCUT2D eigenvalue weighted by molar-refractivity contribution is 6.25. The molecule has 1 saturated heterocycles. The summed E-state index contributed by atoms with van der Waals surface area (Å²) in [5.41, 5.74) is 2.88. The Hall–Kier alpha value is -2.31. The SMILES string of the molecule is C#CCCC/C(=C\Cl)CC[C@@H](C)/C=C/CCC(=O)NC[C@@]1(O)O[C@@H](C[C@@H]2CC(OC)=CC(=O)O2)C[C@@H](OC)[C@@H]1C. The maximum Gasteiger partial charge on any atom is 0.334 e. The highest BCUT2D eigenvalue weighted by atomic mass is 35.5. The van der Waals surface area contributed by atoms with Crippen molar-refractivity contribution in [2.75, 3.05) is 20.8 Å². The number of ether oxygens (including phenoxy) is 4. The van der Waals surface area contributed by atoms with Crippen LogP contribution in [0.15, 0.2) is 35.1 Å². The van der Waals surface area contributed by atoms with Gasteiger partial charge in [0.05, 0.1) is 31.9 Å². The third kappa shape index (κ3) is 11.3. The Kier molecular flexibility index (Phi) is 14.8. The van der Waals surface area contributed by atoms with E-state index in [2.05, 4.69) is 24.2 Å². The second-order valence-corrected chi connectivity index (χ2v) is 11.0. The summed E-state index contributed by atoms with van der Waals surface area (Å²) in [6.45, 7) is 3.92. The average Bonchev–Trinajstić information content (AvgIpc) is 2.93. The summed E-state index contributed by atoms with van der Waals surface area (Å²) in [5, 5.41) is 14.2. The van der Waals surface area contributed by atoms with Crippen molar-refractivity contribution < 1.29 is 33.6 Å². The Morgan fingerprint density at radius 3 is 2.80 bits per heavy atom. The van der Waals surface area contributed by atoms with E-state index in [1.54, 1.807) is 12.6 Å². The third-order valence-electron chi connectivity index (χ3n) is 7.65. The maximum atomic E-state index is 12.6. The molecule has 1 amide bonds. The molecule has 0 spiro atoms. The molecule has 2 heterocycles. The fraction of sp³-hybridized carbons (Fsp3) is 0.677. The number of terminal acetylenes is 1. The average molecular weight is 580 g/mol. The molecule has 2 rings (SSSR count). The maximum absolute atomic E-state index is 12.6. The minimum atomic E-state index is -1.62. The van der Waals surface area contributed by atoms with Crippen molar-refractivity contribution in [1.29, 1.82) is 0 Å². The van der Waals surface area contributed by atoms with Crippen LogP contribution in [-0.2, 0) is 28.5 Å². The largest absolute Gasteiger partial charge is 0.501 e. The molecule has 224 valence electrons. The molecule has 9 heteroatoms. The van der Waals surface area contributed by atoms with E-state index in [0.717, 1.165) is 32.1 Å². The van der Waals surface area contributed by atoms with Crippen LogP contribution in [0.2, 0.25) is 0 Å². The molecule has 0 aromatic rings. The van der Waals surface area contributed by atoms with Crippen LogP contribution in [0.3, 0.4) is 0 Å². The minimum Gasteiger partial charge on any atom is -0.501 e. The summed E-state index contributed by atoms with van der Waals surface area (Å²) >= 11 is 5.95. The molecule has 2 aliphatic rings. The number of aliphatic hydroxyl groups is 1. The van der Waals surface area contributed by atoms with Gasteiger partial charge in [0.2, 0.25) is 5.91 Å². The smallest absolute Gasteiger partial charge is 0.334 e. The van der Waals surface area contributed by atoms with E-state index in [4.69, 9.17) is 37.0 Å². The van der Waals surface area contributed by atoms with Crippen molar-refractivity contribution in [3.63, 3.8) is 0 Å². The zero-order valence-electron chi connectivity index (χ0n) is 24.3. The highest BCUT2D eigenvalue weighted by Crippen LogP contribution is 2.36. The normalized spacial score (nSPS) is 28.0. The molecule has 6 atom stereocenters. The number of esters is 1.